The molecule has 0 spiro atoms. The van der Waals surface area contributed by atoms with Crippen LogP contribution in [-0.2, 0) is 0 Å². The van der Waals surface area contributed by atoms with E-state index < -0.39 is 0 Å². The van der Waals surface area contributed by atoms with Gasteiger partial charge in [0.25, 0.3) is 5.91 Å². The minimum absolute atomic E-state index is 0.135. The number of thiazole rings is 1. The van der Waals surface area contributed by atoms with Gasteiger partial charge in [-0.2, -0.15) is 0 Å². The molecule has 0 fully saturated rings. The molecule has 0 aliphatic heterocycles. The van der Waals surface area contributed by atoms with E-state index in [0.29, 0.717) is 17.2 Å². The minimum Gasteiger partial charge on any atom is -0.385 e. The first-order valence-corrected chi connectivity index (χ1v) is 7.71. The summed E-state index contributed by atoms with van der Waals surface area (Å²) in [6.07, 6.45) is 2.65. The molecule has 1 aromatic heterocycles. The summed E-state index contributed by atoms with van der Waals surface area (Å²) in [7, 11) is 0. The van der Waals surface area contributed by atoms with Crippen LogP contribution in [-0.4, -0.2) is 24.0 Å². The quantitative estimate of drug-likeness (QED) is 0.717. The first-order valence-electron chi connectivity index (χ1n) is 6.89. The maximum absolute atomic E-state index is 12.3. The van der Waals surface area contributed by atoms with Gasteiger partial charge < -0.3 is 11.1 Å². The smallest absolute Gasteiger partial charge is 0.257 e. The topological polar surface area (TPSA) is 80.0 Å². The molecule has 5 nitrogen and oxygen atoms in total. The number of hydrogen-bond donors (Lipinski definition) is 3. The van der Waals surface area contributed by atoms with Crippen LogP contribution in [0.4, 0.5) is 10.8 Å². The Morgan fingerprint density at radius 2 is 2.19 bits per heavy atom. The number of carbonyl (C=O) groups excluding carboxylic acids is 1. The number of nitrogens with two attached hydrogens (primary N) is 1. The van der Waals surface area contributed by atoms with Crippen molar-refractivity contribution in [2.75, 3.05) is 23.7 Å². The molecule has 2 rings (SSSR count). The van der Waals surface area contributed by atoms with E-state index in [1.54, 1.807) is 6.20 Å². The highest BCUT2D eigenvalue weighted by Crippen LogP contribution is 2.22. The van der Waals surface area contributed by atoms with Gasteiger partial charge in [-0.25, -0.2) is 4.98 Å². The van der Waals surface area contributed by atoms with Gasteiger partial charge in [0.15, 0.2) is 5.13 Å². The van der Waals surface area contributed by atoms with Gasteiger partial charge in [0.2, 0.25) is 0 Å². The molecule has 0 unspecified atom stereocenters. The predicted molar refractivity (Wildman–Crippen MR) is 88.1 cm³/mol. The van der Waals surface area contributed by atoms with Gasteiger partial charge in [-0.05, 0) is 44.5 Å². The summed E-state index contributed by atoms with van der Waals surface area (Å²) in [5.74, 6) is -0.135. The van der Waals surface area contributed by atoms with Crippen LogP contribution in [0.3, 0.4) is 0 Å². The normalized spacial score (nSPS) is 10.4. The SMILES string of the molecule is Cc1cnc(NC(=O)c2cccc(NCCCN)c2C)s1. The zero-order valence-corrected chi connectivity index (χ0v) is 13.1. The number of aromatic nitrogens is 1. The van der Waals surface area contributed by atoms with E-state index in [9.17, 15) is 4.79 Å². The fraction of sp³-hybridized carbons (Fsp3) is 0.333. The van der Waals surface area contributed by atoms with Crippen molar-refractivity contribution in [2.45, 2.75) is 20.3 Å². The lowest BCUT2D eigenvalue weighted by atomic mass is 10.1. The van der Waals surface area contributed by atoms with Crippen LogP contribution in [0.5, 0.6) is 0 Å². The molecule has 21 heavy (non-hydrogen) atoms. The Hall–Kier alpha value is -1.92. The highest BCUT2D eigenvalue weighted by molar-refractivity contribution is 7.15. The minimum atomic E-state index is -0.135. The molecule has 4 N–H and O–H groups in total. The van der Waals surface area contributed by atoms with Crippen LogP contribution in [0.25, 0.3) is 0 Å². The summed E-state index contributed by atoms with van der Waals surface area (Å²) in [4.78, 5) is 17.6. The average molecular weight is 304 g/mol. The maximum atomic E-state index is 12.3. The van der Waals surface area contributed by atoms with Gasteiger partial charge in [-0.3, -0.25) is 10.1 Å². The lowest BCUT2D eigenvalue weighted by Crippen LogP contribution is -2.15. The van der Waals surface area contributed by atoms with Crippen molar-refractivity contribution in [3.8, 4) is 0 Å². The number of carbonyl (C=O) groups is 1. The second kappa shape index (κ2) is 7.19. The zero-order chi connectivity index (χ0) is 15.2. The standard InChI is InChI=1S/C15H20N4OS/c1-10-9-18-15(21-10)19-14(20)12-5-3-6-13(11(12)2)17-8-4-7-16/h3,5-6,9,17H,4,7-8,16H2,1-2H3,(H,18,19,20). The van der Waals surface area contributed by atoms with Gasteiger partial charge in [0.1, 0.15) is 0 Å². The number of nitrogens with zero attached hydrogens (tertiary/aromatic N) is 1. The van der Waals surface area contributed by atoms with E-state index >= 15 is 0 Å². The third-order valence-corrected chi connectivity index (χ3v) is 3.94. The Morgan fingerprint density at radius 1 is 1.38 bits per heavy atom. The number of aryl methyl sites for hydroxylation is 1. The van der Waals surface area contributed by atoms with E-state index in [4.69, 9.17) is 5.73 Å². The average Bonchev–Trinajstić information content (AvgIpc) is 2.86. The Morgan fingerprint density at radius 3 is 2.86 bits per heavy atom. The molecule has 0 aliphatic carbocycles. The summed E-state index contributed by atoms with van der Waals surface area (Å²) in [6, 6.07) is 5.66. The van der Waals surface area contributed by atoms with E-state index in [1.807, 2.05) is 32.0 Å². The first-order chi connectivity index (χ1) is 10.1. The third kappa shape index (κ3) is 4.03. The fourth-order valence-corrected chi connectivity index (χ4v) is 2.63. The molecule has 1 amide bonds. The molecule has 1 heterocycles. The Labute approximate surface area is 128 Å². The summed E-state index contributed by atoms with van der Waals surface area (Å²) in [5.41, 5.74) is 8.04. The van der Waals surface area contributed by atoms with Crippen LogP contribution in [0.1, 0.15) is 27.2 Å². The Bertz CT molecular complexity index is 624. The van der Waals surface area contributed by atoms with Gasteiger partial charge in [0.05, 0.1) is 0 Å². The molecular weight excluding hydrogens is 284 g/mol. The molecule has 0 atom stereocenters. The number of benzene rings is 1. The number of amides is 1. The van der Waals surface area contributed by atoms with Crippen molar-refractivity contribution in [3.63, 3.8) is 0 Å². The lowest BCUT2D eigenvalue weighted by molar-refractivity contribution is 0.102. The highest BCUT2D eigenvalue weighted by atomic mass is 32.1. The predicted octanol–water partition coefficient (Wildman–Crippen LogP) is 2.77. The van der Waals surface area contributed by atoms with E-state index in [-0.39, 0.29) is 5.91 Å². The second-order valence-corrected chi connectivity index (χ2v) is 6.01. The molecule has 1 aromatic carbocycles. The Kier molecular flexibility index (Phi) is 5.30. The van der Waals surface area contributed by atoms with Crippen molar-refractivity contribution in [2.24, 2.45) is 5.73 Å². The van der Waals surface area contributed by atoms with Crippen LogP contribution in [0.2, 0.25) is 0 Å². The summed E-state index contributed by atoms with van der Waals surface area (Å²) in [5, 5.41) is 6.76. The van der Waals surface area contributed by atoms with Crippen molar-refractivity contribution >= 4 is 28.1 Å². The number of rotatable bonds is 6. The molecule has 2 aromatic rings. The van der Waals surface area contributed by atoms with Crippen molar-refractivity contribution in [1.82, 2.24) is 4.98 Å². The lowest BCUT2D eigenvalue weighted by Gasteiger charge is -2.12. The monoisotopic (exact) mass is 304 g/mol. The molecule has 0 saturated carbocycles. The van der Waals surface area contributed by atoms with E-state index in [1.165, 1.54) is 11.3 Å². The molecule has 0 radical (unpaired) electrons. The van der Waals surface area contributed by atoms with Gasteiger partial charge in [0, 0.05) is 28.9 Å². The Balaban J connectivity index is 2.11. The van der Waals surface area contributed by atoms with Crippen LogP contribution >= 0.6 is 11.3 Å². The van der Waals surface area contributed by atoms with Crippen molar-refractivity contribution in [3.05, 3.63) is 40.4 Å². The fourth-order valence-electron chi connectivity index (χ4n) is 1.98. The number of hydrogen-bond acceptors (Lipinski definition) is 5. The van der Waals surface area contributed by atoms with Crippen LogP contribution in [0.15, 0.2) is 24.4 Å². The molecule has 112 valence electrons. The molecular formula is C15H20N4OS. The second-order valence-electron chi connectivity index (χ2n) is 4.78. The zero-order valence-electron chi connectivity index (χ0n) is 12.3. The maximum Gasteiger partial charge on any atom is 0.257 e. The van der Waals surface area contributed by atoms with Gasteiger partial charge in [-0.15, -0.1) is 11.3 Å². The van der Waals surface area contributed by atoms with Gasteiger partial charge >= 0.3 is 0 Å². The summed E-state index contributed by atoms with van der Waals surface area (Å²) in [6.45, 7) is 5.34. The molecule has 0 saturated heterocycles. The number of anilines is 2. The number of nitrogens with one attached hydrogen (secondary N) is 2. The van der Waals surface area contributed by atoms with Crippen LogP contribution < -0.4 is 16.4 Å². The summed E-state index contributed by atoms with van der Waals surface area (Å²) < 4.78 is 0. The van der Waals surface area contributed by atoms with E-state index in [2.05, 4.69) is 15.6 Å². The van der Waals surface area contributed by atoms with E-state index in [0.717, 1.165) is 29.1 Å². The van der Waals surface area contributed by atoms with Gasteiger partial charge in [-0.1, -0.05) is 6.07 Å². The largest absolute Gasteiger partial charge is 0.385 e. The summed E-state index contributed by atoms with van der Waals surface area (Å²) >= 11 is 1.47. The van der Waals surface area contributed by atoms with Crippen molar-refractivity contribution < 1.29 is 4.79 Å². The van der Waals surface area contributed by atoms with Crippen molar-refractivity contribution in [1.29, 1.82) is 0 Å². The first kappa shape index (κ1) is 15.5. The third-order valence-electron chi connectivity index (χ3n) is 3.12. The molecule has 6 heteroatoms. The highest BCUT2D eigenvalue weighted by Gasteiger charge is 2.13. The molecule has 0 aliphatic rings. The molecule has 0 bridgehead atoms. The van der Waals surface area contributed by atoms with Crippen LogP contribution in [0, 0.1) is 13.8 Å².